The topological polar surface area (TPSA) is 92.3 Å². The van der Waals surface area contributed by atoms with Gasteiger partial charge in [0.2, 0.25) is 5.91 Å². The van der Waals surface area contributed by atoms with Gasteiger partial charge >= 0.3 is 0 Å². The van der Waals surface area contributed by atoms with Crippen LogP contribution in [0.5, 0.6) is 0 Å². The Morgan fingerprint density at radius 3 is 2.72 bits per heavy atom. The number of ether oxygens (including phenoxy) is 1. The van der Waals surface area contributed by atoms with Gasteiger partial charge in [0, 0.05) is 35.4 Å². The number of hydrazone groups is 1. The van der Waals surface area contributed by atoms with Crippen molar-refractivity contribution in [3.63, 3.8) is 0 Å². The van der Waals surface area contributed by atoms with Gasteiger partial charge in [0.25, 0.3) is 0 Å². The maximum atomic E-state index is 12.3. The number of nitrogens with one attached hydrogen (secondary N) is 1. The van der Waals surface area contributed by atoms with Gasteiger partial charge in [0.1, 0.15) is 11.1 Å². The van der Waals surface area contributed by atoms with Crippen molar-refractivity contribution in [3.8, 4) is 11.8 Å². The van der Waals surface area contributed by atoms with Crippen LogP contribution in [0, 0.1) is 32.1 Å². The fourth-order valence-electron chi connectivity index (χ4n) is 3.44. The first-order valence-corrected chi connectivity index (χ1v) is 11.0. The Morgan fingerprint density at radius 2 is 2.03 bits per heavy atom. The second-order valence-electron chi connectivity index (χ2n) is 7.23. The van der Waals surface area contributed by atoms with Crippen LogP contribution in [0.1, 0.15) is 33.8 Å². The summed E-state index contributed by atoms with van der Waals surface area (Å²) in [6.45, 7) is 6.22. The lowest BCUT2D eigenvalue weighted by molar-refractivity contribution is -0.118. The standard InChI is InChI=1S/C24H25N5O2S/c1-16-10-20(14-31-4)22(12-25)24(27-16)32-15-23(30)28-26-13-19-11-17(2)29(18(19)3)21-8-6-5-7-9-21/h5-11,13H,14-15H2,1-4H3,(H,28,30)/b26-13-. The average Bonchev–Trinajstić information content (AvgIpc) is 3.06. The summed E-state index contributed by atoms with van der Waals surface area (Å²) in [5, 5.41) is 14.1. The molecule has 1 N–H and O–H groups in total. The molecule has 164 valence electrons. The van der Waals surface area contributed by atoms with Crippen molar-refractivity contribution in [1.82, 2.24) is 15.0 Å². The number of pyridine rings is 1. The predicted molar refractivity (Wildman–Crippen MR) is 126 cm³/mol. The number of methoxy groups -OCH3 is 1. The average molecular weight is 448 g/mol. The number of benzene rings is 1. The summed E-state index contributed by atoms with van der Waals surface area (Å²) < 4.78 is 7.30. The number of nitrogens with zero attached hydrogens (tertiary/aromatic N) is 4. The lowest BCUT2D eigenvalue weighted by atomic mass is 10.1. The predicted octanol–water partition coefficient (Wildman–Crippen LogP) is 4.06. The van der Waals surface area contributed by atoms with E-state index in [-0.39, 0.29) is 11.7 Å². The van der Waals surface area contributed by atoms with E-state index in [4.69, 9.17) is 4.74 Å². The zero-order chi connectivity index (χ0) is 23.1. The Hall–Kier alpha value is -3.41. The zero-order valence-corrected chi connectivity index (χ0v) is 19.4. The Labute approximate surface area is 192 Å². The molecule has 0 saturated heterocycles. The third kappa shape index (κ3) is 5.44. The minimum atomic E-state index is -0.274. The summed E-state index contributed by atoms with van der Waals surface area (Å²) in [7, 11) is 1.58. The molecule has 3 aromatic rings. The molecule has 0 saturated carbocycles. The maximum absolute atomic E-state index is 12.3. The Balaban J connectivity index is 1.65. The fraction of sp³-hybridized carbons (Fsp3) is 0.250. The maximum Gasteiger partial charge on any atom is 0.250 e. The van der Waals surface area contributed by atoms with Gasteiger partial charge in [0.15, 0.2) is 0 Å². The highest BCUT2D eigenvalue weighted by Crippen LogP contribution is 2.24. The number of para-hydroxylation sites is 1. The van der Waals surface area contributed by atoms with Gasteiger partial charge in [-0.3, -0.25) is 4.79 Å². The second-order valence-corrected chi connectivity index (χ2v) is 8.19. The fourth-order valence-corrected chi connectivity index (χ4v) is 4.30. The van der Waals surface area contributed by atoms with Gasteiger partial charge in [0.05, 0.1) is 24.1 Å². The SMILES string of the molecule is COCc1cc(C)nc(SCC(=O)N/N=C\c2cc(C)n(-c3ccccc3)c2C)c1C#N. The lowest BCUT2D eigenvalue weighted by Gasteiger charge is -2.09. The van der Waals surface area contributed by atoms with Crippen molar-refractivity contribution in [3.05, 3.63) is 76.2 Å². The molecule has 0 bridgehead atoms. The highest BCUT2D eigenvalue weighted by atomic mass is 32.2. The molecule has 8 heteroatoms. The van der Waals surface area contributed by atoms with E-state index >= 15 is 0 Å². The quantitative estimate of drug-likeness (QED) is 0.319. The molecule has 1 aromatic carbocycles. The molecule has 0 fully saturated rings. The summed E-state index contributed by atoms with van der Waals surface area (Å²) in [5.74, 6) is -0.179. The third-order valence-corrected chi connectivity index (χ3v) is 5.80. The van der Waals surface area contributed by atoms with Crippen molar-refractivity contribution in [2.45, 2.75) is 32.4 Å². The zero-order valence-electron chi connectivity index (χ0n) is 18.5. The molecule has 0 atom stereocenters. The van der Waals surface area contributed by atoms with Crippen LogP contribution in [0.2, 0.25) is 0 Å². The first-order valence-electron chi connectivity index (χ1n) is 10.0. The van der Waals surface area contributed by atoms with E-state index in [1.165, 1.54) is 11.8 Å². The largest absolute Gasteiger partial charge is 0.380 e. The van der Waals surface area contributed by atoms with Crippen LogP contribution >= 0.6 is 11.8 Å². The van der Waals surface area contributed by atoms with Gasteiger partial charge in [-0.1, -0.05) is 30.0 Å². The van der Waals surface area contributed by atoms with Crippen LogP contribution in [0.4, 0.5) is 0 Å². The molecule has 0 radical (unpaired) electrons. The van der Waals surface area contributed by atoms with E-state index in [0.29, 0.717) is 17.2 Å². The summed E-state index contributed by atoms with van der Waals surface area (Å²) in [6.07, 6.45) is 1.65. The summed E-state index contributed by atoms with van der Waals surface area (Å²) in [6, 6.07) is 16.1. The van der Waals surface area contributed by atoms with E-state index < -0.39 is 0 Å². The van der Waals surface area contributed by atoms with Gasteiger partial charge in [-0.2, -0.15) is 10.4 Å². The number of nitriles is 1. The Morgan fingerprint density at radius 1 is 1.28 bits per heavy atom. The first kappa shape index (κ1) is 23.3. The molecule has 2 heterocycles. The summed E-state index contributed by atoms with van der Waals surface area (Å²) in [4.78, 5) is 16.7. The molecule has 0 spiro atoms. The number of aromatic nitrogens is 2. The molecule has 2 aromatic heterocycles. The van der Waals surface area contributed by atoms with Crippen molar-refractivity contribution in [2.75, 3.05) is 12.9 Å². The van der Waals surface area contributed by atoms with Gasteiger partial charge in [-0.15, -0.1) is 0 Å². The molecular formula is C24H25N5O2S. The van der Waals surface area contributed by atoms with E-state index in [9.17, 15) is 10.1 Å². The highest BCUT2D eigenvalue weighted by Gasteiger charge is 2.14. The number of carbonyl (C=O) groups is 1. The van der Waals surface area contributed by atoms with Crippen LogP contribution < -0.4 is 5.43 Å². The molecule has 0 aliphatic carbocycles. The normalized spacial score (nSPS) is 11.0. The van der Waals surface area contributed by atoms with E-state index in [1.807, 2.05) is 63.2 Å². The molecule has 0 aliphatic rings. The van der Waals surface area contributed by atoms with Crippen LogP contribution in [0.15, 0.2) is 52.6 Å². The molecular weight excluding hydrogens is 422 g/mol. The monoisotopic (exact) mass is 447 g/mol. The number of thioether (sulfide) groups is 1. The van der Waals surface area contributed by atoms with Crippen molar-refractivity contribution in [1.29, 1.82) is 5.26 Å². The molecule has 1 amide bonds. The molecule has 7 nitrogen and oxygen atoms in total. The third-order valence-electron chi connectivity index (χ3n) is 4.83. The van der Waals surface area contributed by atoms with E-state index in [0.717, 1.165) is 33.9 Å². The van der Waals surface area contributed by atoms with E-state index in [2.05, 4.69) is 26.1 Å². The smallest absolute Gasteiger partial charge is 0.250 e. The molecule has 3 rings (SSSR count). The molecule has 0 aliphatic heterocycles. The highest BCUT2D eigenvalue weighted by molar-refractivity contribution is 8.00. The minimum absolute atomic E-state index is 0.0952. The molecule has 0 unspecified atom stereocenters. The summed E-state index contributed by atoms with van der Waals surface area (Å²) >= 11 is 1.21. The van der Waals surface area contributed by atoms with Crippen molar-refractivity contribution >= 4 is 23.9 Å². The number of amides is 1. The van der Waals surface area contributed by atoms with Crippen molar-refractivity contribution < 1.29 is 9.53 Å². The molecule has 32 heavy (non-hydrogen) atoms. The Kier molecular flexibility index (Phi) is 7.82. The Bertz CT molecular complexity index is 1180. The second kappa shape index (κ2) is 10.8. The van der Waals surface area contributed by atoms with Gasteiger partial charge in [-0.25, -0.2) is 10.4 Å². The van der Waals surface area contributed by atoms with Crippen LogP contribution in [0.3, 0.4) is 0 Å². The van der Waals surface area contributed by atoms with Crippen LogP contribution in [-0.2, 0) is 16.1 Å². The van der Waals surface area contributed by atoms with Crippen molar-refractivity contribution in [2.24, 2.45) is 5.10 Å². The van der Waals surface area contributed by atoms with E-state index in [1.54, 1.807) is 13.3 Å². The number of aryl methyl sites for hydroxylation is 2. The van der Waals surface area contributed by atoms with Crippen LogP contribution in [-0.4, -0.2) is 34.5 Å². The minimum Gasteiger partial charge on any atom is -0.380 e. The number of carbonyl (C=O) groups excluding carboxylic acids is 1. The first-order chi connectivity index (χ1) is 15.4. The van der Waals surface area contributed by atoms with Crippen LogP contribution in [0.25, 0.3) is 5.69 Å². The lowest BCUT2D eigenvalue weighted by Crippen LogP contribution is -2.20. The number of rotatable bonds is 8. The van der Waals surface area contributed by atoms with Gasteiger partial charge < -0.3 is 9.30 Å². The summed E-state index contributed by atoms with van der Waals surface area (Å²) in [5.41, 5.74) is 8.64. The number of hydrogen-bond donors (Lipinski definition) is 1. The van der Waals surface area contributed by atoms with Gasteiger partial charge in [-0.05, 0) is 50.6 Å². The number of hydrogen-bond acceptors (Lipinski definition) is 6.